The van der Waals surface area contributed by atoms with Crippen LogP contribution in [0.1, 0.15) is 0 Å². The second-order valence-corrected chi connectivity index (χ2v) is 13.4. The predicted octanol–water partition coefficient (Wildman–Crippen LogP) is 2.49. The smallest absolute Gasteiger partial charge is 0.693 e. The van der Waals surface area contributed by atoms with Crippen molar-refractivity contribution in [3.8, 4) is 0 Å². The van der Waals surface area contributed by atoms with E-state index in [1.165, 1.54) is 0 Å². The third-order valence-electron chi connectivity index (χ3n) is 0. The van der Waals surface area contributed by atoms with Gasteiger partial charge in [0.05, 0.1) is 0 Å². The first-order valence-electron chi connectivity index (χ1n) is 0.267. The van der Waals surface area contributed by atoms with Gasteiger partial charge in [-0.25, -0.2) is 0 Å². The molecule has 30 valence electrons. The first-order valence-corrected chi connectivity index (χ1v) is 10.6. The van der Waals surface area contributed by atoms with Gasteiger partial charge in [-0.15, -0.1) is 0 Å². The fraction of sp³-hybridized carbons (Fsp3) is 0. The van der Waals surface area contributed by atoms with Gasteiger partial charge in [-0.3, -0.25) is 0 Å². The zero-order chi connectivity index (χ0) is 2.71. The van der Waals surface area contributed by atoms with Crippen LogP contribution in [0.4, 0.5) is 0 Å². The molecule has 0 aromatic rings. The fourth-order valence-electron chi connectivity index (χ4n) is 0. The molecule has 4 heteroatoms. The van der Waals surface area contributed by atoms with E-state index in [0.717, 1.165) is 0 Å². The second kappa shape index (κ2) is 8.90. The molecule has 2 N–H and O–H groups in total. The molecule has 0 heterocycles. The minimum absolute atomic E-state index is 0. The molecule has 1 nitrogen and oxygen atoms in total. The number of halogens is 2. The molecule has 0 aliphatic rings. The molecule has 0 saturated heterocycles. The van der Waals surface area contributed by atoms with E-state index >= 15 is 0 Å². The Morgan fingerprint density at radius 3 is 1.25 bits per heavy atom. The molecular formula is H2I2NRu-. The van der Waals surface area contributed by atoms with Crippen molar-refractivity contribution in [2.45, 2.75) is 0 Å². The zero-order valence-corrected chi connectivity index (χ0v) is 7.74. The molecular weight excluding hydrogens is 369 g/mol. The average molecular weight is 371 g/mol. The molecule has 0 fully saturated rings. The number of nitrogens with two attached hydrogens (primary N) is 1. The van der Waals surface area contributed by atoms with Gasteiger partial charge in [0.2, 0.25) is 0 Å². The van der Waals surface area contributed by atoms with Crippen LogP contribution in [0.3, 0.4) is 0 Å². The van der Waals surface area contributed by atoms with Crippen LogP contribution >= 0.6 is 39.5 Å². The standard InChI is InChI=1S/2HI.H2N.Ru/h2*1H;1H2;/q;;-1;+2/p-2. The summed E-state index contributed by atoms with van der Waals surface area (Å²) in [5.74, 6) is 0. The van der Waals surface area contributed by atoms with Crippen LogP contribution in [-0.2, 0) is 10.1 Å². The Bertz CT molecular complexity index is 6.00. The maximum absolute atomic E-state index is 2.37. The largest absolute Gasteiger partial charge is 0.693 e. The van der Waals surface area contributed by atoms with E-state index in [2.05, 4.69) is 39.5 Å². The summed E-state index contributed by atoms with van der Waals surface area (Å²) in [4.78, 5) is 0. The molecule has 4 heavy (non-hydrogen) atoms. The van der Waals surface area contributed by atoms with Gasteiger partial charge in [0, 0.05) is 0 Å². The maximum atomic E-state index is 2.37. The quantitative estimate of drug-likeness (QED) is 0.464. The van der Waals surface area contributed by atoms with Crippen molar-refractivity contribution >= 4 is 39.5 Å². The van der Waals surface area contributed by atoms with E-state index in [1.807, 2.05) is 0 Å². The third-order valence-corrected chi connectivity index (χ3v) is 0. The summed E-state index contributed by atoms with van der Waals surface area (Å²) < 4.78 is 0. The molecule has 0 atom stereocenters. The van der Waals surface area contributed by atoms with Crippen LogP contribution in [0, 0.1) is 0 Å². The number of hydrogen-bond acceptors (Lipinski definition) is 0. The van der Waals surface area contributed by atoms with Crippen LogP contribution in [0.15, 0.2) is 0 Å². The monoisotopic (exact) mass is 372 g/mol. The molecule has 0 aliphatic heterocycles. The van der Waals surface area contributed by atoms with Gasteiger partial charge in [-0.1, -0.05) is 0 Å². The van der Waals surface area contributed by atoms with Crippen molar-refractivity contribution in [3.63, 3.8) is 0 Å². The van der Waals surface area contributed by atoms with Crippen LogP contribution < -0.4 is 0 Å². The Kier molecular flexibility index (Phi) is 20.9. The van der Waals surface area contributed by atoms with Crippen molar-refractivity contribution in [2.75, 3.05) is 0 Å². The Balaban J connectivity index is 0. The molecule has 0 radical (unpaired) electrons. The Hall–Kier alpha value is 2.04. The van der Waals surface area contributed by atoms with Gasteiger partial charge in [-0.05, 0) is 0 Å². The summed E-state index contributed by atoms with van der Waals surface area (Å²) in [6, 6.07) is 0. The summed E-state index contributed by atoms with van der Waals surface area (Å²) in [6.07, 6.45) is 0. The molecule has 0 spiro atoms. The number of rotatable bonds is 0. The molecule has 0 saturated carbocycles. The molecule has 0 amide bonds. The summed E-state index contributed by atoms with van der Waals surface area (Å²) in [5, 5.41) is 0. The number of hydrogen-bond donors (Lipinski definition) is 0. The van der Waals surface area contributed by atoms with Gasteiger partial charge >= 0.3 is 49.6 Å². The van der Waals surface area contributed by atoms with E-state index in [1.54, 1.807) is 0 Å². The van der Waals surface area contributed by atoms with E-state index in [-0.39, 0.29) is 6.15 Å². The molecule has 0 aromatic heterocycles. The summed E-state index contributed by atoms with van der Waals surface area (Å²) >= 11 is 4.73. The van der Waals surface area contributed by atoms with Gasteiger partial charge in [-0.2, -0.15) is 0 Å². The van der Waals surface area contributed by atoms with Gasteiger partial charge in [0.25, 0.3) is 0 Å². The Morgan fingerprint density at radius 2 is 1.25 bits per heavy atom. The minimum Gasteiger partial charge on any atom is -0.693 e. The van der Waals surface area contributed by atoms with Crippen LogP contribution in [0.2, 0.25) is 0 Å². The maximum Gasteiger partial charge on any atom is -0.693 e. The zero-order valence-electron chi connectivity index (χ0n) is 1.69. The first kappa shape index (κ1) is 9.40. The van der Waals surface area contributed by atoms with Crippen molar-refractivity contribution < 1.29 is 10.1 Å². The van der Waals surface area contributed by atoms with Crippen LogP contribution in [0.5, 0.6) is 0 Å². The van der Waals surface area contributed by atoms with Crippen LogP contribution in [-0.4, -0.2) is 0 Å². The Morgan fingerprint density at radius 1 is 1.25 bits per heavy atom. The average Bonchev–Trinajstić information content (AvgIpc) is 0.918. The minimum atomic E-state index is 0. The van der Waals surface area contributed by atoms with Gasteiger partial charge in [0.15, 0.2) is 0 Å². The summed E-state index contributed by atoms with van der Waals surface area (Å²) in [5.41, 5.74) is 0. The molecule has 0 rings (SSSR count). The first-order chi connectivity index (χ1) is 1.41. The molecule has 0 unspecified atom stereocenters. The van der Waals surface area contributed by atoms with Crippen molar-refractivity contribution in [2.24, 2.45) is 0 Å². The molecule has 0 aromatic carbocycles. The van der Waals surface area contributed by atoms with Crippen LogP contribution in [0.25, 0.3) is 6.15 Å². The van der Waals surface area contributed by atoms with Gasteiger partial charge in [0.1, 0.15) is 0 Å². The van der Waals surface area contributed by atoms with E-state index in [0.29, 0.717) is 10.1 Å². The summed E-state index contributed by atoms with van der Waals surface area (Å²) in [6.45, 7) is 0. The van der Waals surface area contributed by atoms with Crippen molar-refractivity contribution in [3.05, 3.63) is 6.15 Å². The van der Waals surface area contributed by atoms with E-state index < -0.39 is 0 Å². The fourth-order valence-corrected chi connectivity index (χ4v) is 0. The third kappa shape index (κ3) is 8.97. The SMILES string of the molecule is [I][Ru][I].[NH2-]. The normalized spacial score (nSPS) is 5.50. The second-order valence-electron chi connectivity index (χ2n) is 0.0505. The van der Waals surface area contributed by atoms with Crippen molar-refractivity contribution in [1.29, 1.82) is 0 Å². The summed E-state index contributed by atoms with van der Waals surface area (Å²) in [7, 11) is 0.650. The molecule has 0 bridgehead atoms. The molecule has 0 aliphatic carbocycles. The topological polar surface area (TPSA) is 33.5 Å². The van der Waals surface area contributed by atoms with Crippen molar-refractivity contribution in [1.82, 2.24) is 0 Å². The predicted molar refractivity (Wildman–Crippen MR) is 33.3 cm³/mol. The van der Waals surface area contributed by atoms with Gasteiger partial charge < -0.3 is 6.15 Å². The van der Waals surface area contributed by atoms with E-state index in [9.17, 15) is 0 Å². The van der Waals surface area contributed by atoms with E-state index in [4.69, 9.17) is 0 Å². The Labute approximate surface area is 54.8 Å².